The first-order chi connectivity index (χ1) is 16.4. The number of thiazole rings is 1. The highest BCUT2D eigenvalue weighted by Gasteiger charge is 2.40. The summed E-state index contributed by atoms with van der Waals surface area (Å²) in [5, 5.41) is 2.12. The Bertz CT molecular complexity index is 1230. The highest BCUT2D eigenvalue weighted by molar-refractivity contribution is 7.91. The number of aromatic nitrogens is 1. The van der Waals surface area contributed by atoms with Gasteiger partial charge in [0.2, 0.25) is 5.91 Å². The number of piperidine rings is 1. The van der Waals surface area contributed by atoms with Crippen molar-refractivity contribution < 1.29 is 17.6 Å². The first kappa shape index (κ1) is 25.2. The van der Waals surface area contributed by atoms with Gasteiger partial charge in [0.25, 0.3) is 10.0 Å². The van der Waals surface area contributed by atoms with E-state index in [1.807, 2.05) is 0 Å². The Morgan fingerprint density at radius 2 is 1.97 bits per heavy atom. The van der Waals surface area contributed by atoms with Crippen LogP contribution in [0.2, 0.25) is 0 Å². The second kappa shape index (κ2) is 10.8. The molecule has 7 nitrogen and oxygen atoms in total. The topological polar surface area (TPSA) is 73.8 Å². The van der Waals surface area contributed by atoms with Crippen molar-refractivity contribution >= 4 is 54.0 Å². The molecule has 11 heteroatoms. The molecule has 0 radical (unpaired) electrons. The number of rotatable bonds is 9. The maximum Gasteiger partial charge on any atom is 0.253 e. The minimum atomic E-state index is -3.78. The summed E-state index contributed by atoms with van der Waals surface area (Å²) in [7, 11) is -3.78. The summed E-state index contributed by atoms with van der Waals surface area (Å²) in [6.45, 7) is 7.03. The molecule has 184 valence electrons. The predicted molar refractivity (Wildman–Crippen MR) is 136 cm³/mol. The quantitative estimate of drug-likeness (QED) is 0.415. The van der Waals surface area contributed by atoms with Crippen LogP contribution in [0.4, 0.5) is 9.52 Å². The Hall–Kier alpha value is -1.92. The first-order valence-electron chi connectivity index (χ1n) is 11.5. The number of hydrogen-bond donors (Lipinski definition) is 0. The Morgan fingerprint density at radius 1 is 1.18 bits per heavy atom. The van der Waals surface area contributed by atoms with Gasteiger partial charge in [-0.15, -0.1) is 11.3 Å². The van der Waals surface area contributed by atoms with Crippen LogP contribution >= 0.6 is 22.7 Å². The number of anilines is 1. The molecule has 0 spiro atoms. The van der Waals surface area contributed by atoms with Crippen molar-refractivity contribution in [3.8, 4) is 0 Å². The molecular formula is C23H29FN4O3S3. The zero-order valence-electron chi connectivity index (χ0n) is 19.3. The van der Waals surface area contributed by atoms with Gasteiger partial charge in [0.05, 0.1) is 4.70 Å². The number of hydrogen-bond acceptors (Lipinski definition) is 7. The lowest BCUT2D eigenvalue weighted by Crippen LogP contribution is -2.54. The number of amides is 1. The van der Waals surface area contributed by atoms with Crippen LogP contribution in [-0.4, -0.2) is 67.3 Å². The van der Waals surface area contributed by atoms with Crippen LogP contribution in [0.3, 0.4) is 0 Å². The van der Waals surface area contributed by atoms with Gasteiger partial charge < -0.3 is 4.90 Å². The Morgan fingerprint density at radius 3 is 2.65 bits per heavy atom. The molecule has 0 bridgehead atoms. The predicted octanol–water partition coefficient (Wildman–Crippen LogP) is 4.42. The molecule has 1 amide bonds. The molecule has 1 aliphatic heterocycles. The van der Waals surface area contributed by atoms with E-state index in [2.05, 4.69) is 23.7 Å². The largest absolute Gasteiger partial charge is 0.302 e. The number of carbonyl (C=O) groups excluding carboxylic acids is 1. The van der Waals surface area contributed by atoms with E-state index in [0.29, 0.717) is 42.3 Å². The van der Waals surface area contributed by atoms with E-state index < -0.39 is 21.9 Å². The van der Waals surface area contributed by atoms with E-state index >= 15 is 0 Å². The lowest BCUT2D eigenvalue weighted by atomic mass is 10.0. The number of fused-ring (bicyclic) bond motifs is 1. The molecular weight excluding hydrogens is 495 g/mol. The third kappa shape index (κ3) is 5.03. The summed E-state index contributed by atoms with van der Waals surface area (Å²) < 4.78 is 43.3. The Kier molecular flexibility index (Phi) is 7.98. The zero-order chi connectivity index (χ0) is 24.3. The number of halogens is 1. The van der Waals surface area contributed by atoms with Gasteiger partial charge in [0, 0.05) is 19.6 Å². The fourth-order valence-corrected chi connectivity index (χ4v) is 8.03. The first-order valence-corrected chi connectivity index (χ1v) is 14.6. The maximum atomic E-state index is 14.4. The van der Waals surface area contributed by atoms with Crippen LogP contribution in [0.1, 0.15) is 33.1 Å². The summed E-state index contributed by atoms with van der Waals surface area (Å²) in [5.74, 6) is -0.734. The average Bonchev–Trinajstić information content (AvgIpc) is 3.53. The number of carbonyl (C=O) groups is 1. The van der Waals surface area contributed by atoms with E-state index in [0.717, 1.165) is 30.8 Å². The fourth-order valence-electron chi connectivity index (χ4n) is 4.25. The summed E-state index contributed by atoms with van der Waals surface area (Å²) in [4.78, 5) is 22.2. The number of sulfonamides is 1. The molecule has 0 N–H and O–H groups in total. The van der Waals surface area contributed by atoms with Gasteiger partial charge in [0.15, 0.2) is 5.13 Å². The Labute approximate surface area is 207 Å². The molecule has 1 fully saturated rings. The van der Waals surface area contributed by atoms with Gasteiger partial charge in [-0.25, -0.2) is 17.8 Å². The summed E-state index contributed by atoms with van der Waals surface area (Å²) >= 11 is 2.41. The van der Waals surface area contributed by atoms with Crippen molar-refractivity contribution in [3.63, 3.8) is 0 Å². The molecule has 1 saturated heterocycles. The van der Waals surface area contributed by atoms with Gasteiger partial charge in [-0.05, 0) is 49.5 Å². The van der Waals surface area contributed by atoms with Crippen LogP contribution in [0.15, 0.2) is 39.9 Å². The molecule has 1 aromatic carbocycles. The zero-order valence-corrected chi connectivity index (χ0v) is 21.8. The minimum Gasteiger partial charge on any atom is -0.302 e. The lowest BCUT2D eigenvalue weighted by Gasteiger charge is -2.36. The van der Waals surface area contributed by atoms with Crippen molar-refractivity contribution in [1.82, 2.24) is 14.2 Å². The fraction of sp³-hybridized carbons (Fsp3) is 0.478. The molecule has 3 heterocycles. The van der Waals surface area contributed by atoms with Crippen molar-refractivity contribution in [3.05, 3.63) is 41.5 Å². The van der Waals surface area contributed by atoms with Crippen LogP contribution in [-0.2, 0) is 14.8 Å². The normalized spacial score (nSPS) is 17.5. The van der Waals surface area contributed by atoms with E-state index in [1.54, 1.807) is 34.5 Å². The van der Waals surface area contributed by atoms with Crippen molar-refractivity contribution in [1.29, 1.82) is 0 Å². The van der Waals surface area contributed by atoms with Crippen molar-refractivity contribution in [2.45, 2.75) is 43.4 Å². The van der Waals surface area contributed by atoms with Crippen molar-refractivity contribution in [2.75, 3.05) is 37.6 Å². The third-order valence-electron chi connectivity index (χ3n) is 6.19. The highest BCUT2D eigenvalue weighted by atomic mass is 32.2. The number of para-hydroxylation sites is 1. The monoisotopic (exact) mass is 524 g/mol. The maximum absolute atomic E-state index is 14.4. The Balaban J connectivity index is 1.70. The molecule has 1 aliphatic rings. The smallest absolute Gasteiger partial charge is 0.253 e. The summed E-state index contributed by atoms with van der Waals surface area (Å²) in [5.41, 5.74) is 0.231. The summed E-state index contributed by atoms with van der Waals surface area (Å²) in [6, 6.07) is 7.22. The van der Waals surface area contributed by atoms with E-state index in [1.165, 1.54) is 21.7 Å². The van der Waals surface area contributed by atoms with Crippen molar-refractivity contribution in [2.24, 2.45) is 0 Å². The number of likely N-dealkylation sites (N-methyl/N-ethyl adjacent to an activating group) is 1. The van der Waals surface area contributed by atoms with Gasteiger partial charge in [0.1, 0.15) is 21.6 Å². The van der Waals surface area contributed by atoms with Gasteiger partial charge in [-0.1, -0.05) is 43.7 Å². The van der Waals surface area contributed by atoms with E-state index in [-0.39, 0.29) is 15.6 Å². The molecule has 1 unspecified atom stereocenters. The average molecular weight is 525 g/mol. The van der Waals surface area contributed by atoms with Crippen LogP contribution in [0, 0.1) is 5.82 Å². The van der Waals surface area contributed by atoms with Gasteiger partial charge >= 0.3 is 0 Å². The number of thiophene rings is 1. The molecule has 3 aromatic rings. The van der Waals surface area contributed by atoms with Crippen LogP contribution in [0.5, 0.6) is 0 Å². The third-order valence-corrected chi connectivity index (χ3v) is 10.5. The number of benzene rings is 1. The molecule has 1 atom stereocenters. The molecule has 0 saturated carbocycles. The molecule has 2 aromatic heterocycles. The molecule has 0 aliphatic carbocycles. The van der Waals surface area contributed by atoms with Crippen LogP contribution in [0.25, 0.3) is 10.2 Å². The summed E-state index contributed by atoms with van der Waals surface area (Å²) in [6.07, 6.45) is 1.93. The standard InChI is InChI=1S/C23H29FN4O3S3/c1-3-26(4-2)14-15-27(23-25-21-17(24)9-7-11-19(21)33-23)22(29)18-10-5-6-13-28(18)34(30,31)20-12-8-16-32-20/h7-9,11-12,16,18H,3-6,10,13-15H2,1-2H3. The number of nitrogens with zero attached hydrogens (tertiary/aromatic N) is 4. The second-order valence-electron chi connectivity index (χ2n) is 8.16. The minimum absolute atomic E-state index is 0.231. The molecule has 34 heavy (non-hydrogen) atoms. The van der Waals surface area contributed by atoms with E-state index in [4.69, 9.17) is 0 Å². The van der Waals surface area contributed by atoms with Gasteiger partial charge in [-0.3, -0.25) is 9.69 Å². The molecule has 4 rings (SSSR count). The second-order valence-corrected chi connectivity index (χ2v) is 12.2. The van der Waals surface area contributed by atoms with Gasteiger partial charge in [-0.2, -0.15) is 4.31 Å². The van der Waals surface area contributed by atoms with Crippen LogP contribution < -0.4 is 4.90 Å². The lowest BCUT2D eigenvalue weighted by molar-refractivity contribution is -0.123. The highest BCUT2D eigenvalue weighted by Crippen LogP contribution is 2.33. The van der Waals surface area contributed by atoms with E-state index in [9.17, 15) is 17.6 Å². The SMILES string of the molecule is CCN(CC)CCN(C(=O)C1CCCCN1S(=O)(=O)c1cccs1)c1nc2c(F)cccc2s1.